The number of aryl methyl sites for hydroxylation is 1. The number of hydrogen-bond donors (Lipinski definition) is 0. The maximum absolute atomic E-state index is 5.49. The van der Waals surface area contributed by atoms with Crippen molar-refractivity contribution in [1.29, 1.82) is 0 Å². The summed E-state index contributed by atoms with van der Waals surface area (Å²) in [6.45, 7) is 7.57. The van der Waals surface area contributed by atoms with Crippen LogP contribution >= 0.6 is 0 Å². The Hall–Kier alpha value is -2.01. The molecule has 0 aromatic carbocycles. The number of nitrogens with zero attached hydrogens (tertiary/aromatic N) is 4. The number of unbranched alkanes of at least 4 members (excludes halogenated alkanes) is 1. The molecule has 5 heteroatoms. The summed E-state index contributed by atoms with van der Waals surface area (Å²) in [6.07, 6.45) is 7.77. The molecule has 2 fully saturated rings. The van der Waals surface area contributed by atoms with Gasteiger partial charge in [-0.1, -0.05) is 13.3 Å². The first-order chi connectivity index (χ1) is 12.8. The minimum Gasteiger partial charge on any atom is -0.378 e. The third-order valence-corrected chi connectivity index (χ3v) is 5.33. The van der Waals surface area contributed by atoms with Crippen LogP contribution in [-0.2, 0) is 11.2 Å². The third kappa shape index (κ3) is 3.58. The standard InChI is InChI=1S/C21H28N4O/c1-3-4-6-17-15(2)23-21(25-11-13-26-14-12-25)24-20(17)18-7-5-10-22-19(18)16-8-9-16/h5,7,10,16H,3-4,6,8-9,11-14H2,1-2H3. The molecule has 0 atom stereocenters. The molecule has 1 aliphatic heterocycles. The summed E-state index contributed by atoms with van der Waals surface area (Å²) in [5, 5.41) is 0. The van der Waals surface area contributed by atoms with Gasteiger partial charge in [0.1, 0.15) is 0 Å². The molecule has 1 saturated carbocycles. The van der Waals surface area contributed by atoms with Gasteiger partial charge in [0.15, 0.2) is 0 Å². The number of pyridine rings is 1. The van der Waals surface area contributed by atoms with Crippen LogP contribution in [0.1, 0.15) is 55.5 Å². The molecule has 0 bridgehead atoms. The van der Waals surface area contributed by atoms with Crippen molar-refractivity contribution in [2.45, 2.75) is 51.9 Å². The highest BCUT2D eigenvalue weighted by atomic mass is 16.5. The molecule has 3 heterocycles. The molecule has 2 aromatic rings. The molecular formula is C21H28N4O. The molecule has 0 amide bonds. The van der Waals surface area contributed by atoms with Crippen LogP contribution in [0.25, 0.3) is 11.3 Å². The number of ether oxygens (including phenoxy) is 1. The second-order valence-corrected chi connectivity index (χ2v) is 7.35. The smallest absolute Gasteiger partial charge is 0.226 e. The van der Waals surface area contributed by atoms with Crippen LogP contribution in [0, 0.1) is 6.92 Å². The second-order valence-electron chi connectivity index (χ2n) is 7.35. The molecule has 2 aromatic heterocycles. The highest BCUT2D eigenvalue weighted by molar-refractivity contribution is 5.68. The van der Waals surface area contributed by atoms with Crippen molar-refractivity contribution in [3.8, 4) is 11.3 Å². The highest BCUT2D eigenvalue weighted by Gasteiger charge is 2.29. The summed E-state index contributed by atoms with van der Waals surface area (Å²) >= 11 is 0. The van der Waals surface area contributed by atoms with Gasteiger partial charge in [-0.2, -0.15) is 0 Å². The van der Waals surface area contributed by atoms with E-state index in [4.69, 9.17) is 19.7 Å². The molecular weight excluding hydrogens is 324 g/mol. The van der Waals surface area contributed by atoms with Crippen LogP contribution in [0.3, 0.4) is 0 Å². The van der Waals surface area contributed by atoms with Crippen LogP contribution in [-0.4, -0.2) is 41.3 Å². The predicted octanol–water partition coefficient (Wildman–Crippen LogP) is 3.90. The van der Waals surface area contributed by atoms with Gasteiger partial charge in [0.05, 0.1) is 24.6 Å². The lowest BCUT2D eigenvalue weighted by atomic mass is 9.97. The van der Waals surface area contributed by atoms with E-state index in [1.54, 1.807) is 0 Å². The summed E-state index contributed by atoms with van der Waals surface area (Å²) in [5.74, 6) is 1.44. The average Bonchev–Trinajstić information content (AvgIpc) is 3.52. The van der Waals surface area contributed by atoms with E-state index in [1.807, 2.05) is 12.3 Å². The number of morpholine rings is 1. The number of rotatable bonds is 6. The monoisotopic (exact) mass is 352 g/mol. The largest absolute Gasteiger partial charge is 0.378 e. The van der Waals surface area contributed by atoms with Crippen molar-refractivity contribution in [3.05, 3.63) is 35.3 Å². The van der Waals surface area contributed by atoms with E-state index in [0.29, 0.717) is 5.92 Å². The van der Waals surface area contributed by atoms with E-state index < -0.39 is 0 Å². The van der Waals surface area contributed by atoms with E-state index >= 15 is 0 Å². The first-order valence-corrected chi connectivity index (χ1v) is 9.93. The van der Waals surface area contributed by atoms with Crippen molar-refractivity contribution in [3.63, 3.8) is 0 Å². The Morgan fingerprint density at radius 3 is 2.73 bits per heavy atom. The van der Waals surface area contributed by atoms with Gasteiger partial charge in [-0.05, 0) is 50.3 Å². The lowest BCUT2D eigenvalue weighted by Gasteiger charge is -2.28. The molecule has 26 heavy (non-hydrogen) atoms. The van der Waals surface area contributed by atoms with Gasteiger partial charge in [0.25, 0.3) is 0 Å². The van der Waals surface area contributed by atoms with Crippen LogP contribution in [0.5, 0.6) is 0 Å². The van der Waals surface area contributed by atoms with E-state index in [0.717, 1.165) is 56.5 Å². The minimum absolute atomic E-state index is 0.604. The zero-order valence-electron chi connectivity index (χ0n) is 15.9. The van der Waals surface area contributed by atoms with Crippen molar-refractivity contribution in [2.75, 3.05) is 31.2 Å². The van der Waals surface area contributed by atoms with Crippen molar-refractivity contribution < 1.29 is 4.74 Å². The van der Waals surface area contributed by atoms with Crippen LogP contribution in [0.4, 0.5) is 5.95 Å². The Morgan fingerprint density at radius 1 is 1.19 bits per heavy atom. The van der Waals surface area contributed by atoms with Crippen LogP contribution in [0.15, 0.2) is 18.3 Å². The van der Waals surface area contributed by atoms with Gasteiger partial charge in [0.2, 0.25) is 5.95 Å². The summed E-state index contributed by atoms with van der Waals surface area (Å²) in [5.41, 5.74) is 5.93. The molecule has 0 N–H and O–H groups in total. The first-order valence-electron chi connectivity index (χ1n) is 9.93. The highest BCUT2D eigenvalue weighted by Crippen LogP contribution is 2.43. The number of hydrogen-bond acceptors (Lipinski definition) is 5. The van der Waals surface area contributed by atoms with Crippen LogP contribution < -0.4 is 4.90 Å². The molecule has 0 unspecified atom stereocenters. The second kappa shape index (κ2) is 7.70. The Morgan fingerprint density at radius 2 is 2.00 bits per heavy atom. The lowest BCUT2D eigenvalue weighted by molar-refractivity contribution is 0.122. The molecule has 2 aliphatic rings. The lowest BCUT2D eigenvalue weighted by Crippen LogP contribution is -2.37. The SMILES string of the molecule is CCCCc1c(C)nc(N2CCOCC2)nc1-c1cccnc1C1CC1. The number of anilines is 1. The topological polar surface area (TPSA) is 51.1 Å². The molecule has 0 spiro atoms. The fourth-order valence-electron chi connectivity index (χ4n) is 3.66. The Labute approximate surface area is 155 Å². The van der Waals surface area contributed by atoms with Gasteiger partial charge in [0, 0.05) is 36.5 Å². The molecule has 4 rings (SSSR count). The van der Waals surface area contributed by atoms with Crippen LogP contribution in [0.2, 0.25) is 0 Å². The van der Waals surface area contributed by atoms with E-state index in [2.05, 4.69) is 24.8 Å². The zero-order chi connectivity index (χ0) is 17.9. The van der Waals surface area contributed by atoms with Gasteiger partial charge in [-0.15, -0.1) is 0 Å². The quantitative estimate of drug-likeness (QED) is 0.789. The van der Waals surface area contributed by atoms with E-state index in [-0.39, 0.29) is 0 Å². The summed E-state index contributed by atoms with van der Waals surface area (Å²) in [6, 6.07) is 4.23. The van der Waals surface area contributed by atoms with Gasteiger partial charge in [-0.25, -0.2) is 9.97 Å². The molecule has 1 saturated heterocycles. The molecule has 5 nitrogen and oxygen atoms in total. The van der Waals surface area contributed by atoms with Crippen molar-refractivity contribution >= 4 is 5.95 Å². The van der Waals surface area contributed by atoms with Gasteiger partial charge >= 0.3 is 0 Å². The summed E-state index contributed by atoms with van der Waals surface area (Å²) in [4.78, 5) is 16.9. The summed E-state index contributed by atoms with van der Waals surface area (Å²) in [7, 11) is 0. The maximum Gasteiger partial charge on any atom is 0.226 e. The van der Waals surface area contributed by atoms with E-state index in [9.17, 15) is 0 Å². The van der Waals surface area contributed by atoms with Gasteiger partial charge in [-0.3, -0.25) is 4.98 Å². The average molecular weight is 352 g/mol. The minimum atomic E-state index is 0.604. The molecule has 138 valence electrons. The fourth-order valence-corrected chi connectivity index (χ4v) is 3.66. The zero-order valence-corrected chi connectivity index (χ0v) is 15.9. The Balaban J connectivity index is 1.80. The maximum atomic E-state index is 5.49. The van der Waals surface area contributed by atoms with Crippen molar-refractivity contribution in [1.82, 2.24) is 15.0 Å². The Bertz CT molecular complexity index is 767. The van der Waals surface area contributed by atoms with Crippen molar-refractivity contribution in [2.24, 2.45) is 0 Å². The third-order valence-electron chi connectivity index (χ3n) is 5.33. The number of aromatic nitrogens is 3. The normalized spacial score (nSPS) is 17.5. The Kier molecular flexibility index (Phi) is 5.16. The first kappa shape index (κ1) is 17.4. The molecule has 1 aliphatic carbocycles. The predicted molar refractivity (Wildman–Crippen MR) is 104 cm³/mol. The molecule has 0 radical (unpaired) electrons. The van der Waals surface area contributed by atoms with Gasteiger partial charge < -0.3 is 9.64 Å². The fraction of sp³-hybridized carbons (Fsp3) is 0.571. The van der Waals surface area contributed by atoms with E-state index in [1.165, 1.54) is 36.1 Å². The summed E-state index contributed by atoms with van der Waals surface area (Å²) < 4.78 is 5.49.